The molecule has 1 atom stereocenters. The summed E-state index contributed by atoms with van der Waals surface area (Å²) >= 11 is 0. The maximum atomic E-state index is 5.31. The predicted molar refractivity (Wildman–Crippen MR) is 105 cm³/mol. The Labute approximate surface area is 154 Å². The Bertz CT molecular complexity index is 854. The fourth-order valence-electron chi connectivity index (χ4n) is 3.68. The highest BCUT2D eigenvalue weighted by Crippen LogP contribution is 2.28. The molecular formula is C21H24N4O. The van der Waals surface area contributed by atoms with Crippen LogP contribution in [0.15, 0.2) is 54.9 Å². The highest BCUT2D eigenvalue weighted by atomic mass is 16.5. The van der Waals surface area contributed by atoms with Crippen molar-refractivity contribution in [2.45, 2.75) is 18.9 Å². The molecule has 2 heterocycles. The Morgan fingerprint density at radius 3 is 2.58 bits per heavy atom. The van der Waals surface area contributed by atoms with Gasteiger partial charge in [0.05, 0.1) is 18.7 Å². The molecule has 0 radical (unpaired) electrons. The average molecular weight is 348 g/mol. The lowest BCUT2D eigenvalue weighted by Gasteiger charge is -2.28. The van der Waals surface area contributed by atoms with Gasteiger partial charge >= 0.3 is 0 Å². The molecule has 0 bridgehead atoms. The second-order valence-corrected chi connectivity index (χ2v) is 6.65. The van der Waals surface area contributed by atoms with Gasteiger partial charge in [0.25, 0.3) is 0 Å². The fraction of sp³-hybridized carbons (Fsp3) is 0.333. The third-order valence-corrected chi connectivity index (χ3v) is 5.09. The van der Waals surface area contributed by atoms with Crippen molar-refractivity contribution in [3.63, 3.8) is 0 Å². The van der Waals surface area contributed by atoms with Crippen LogP contribution in [0.5, 0.6) is 5.75 Å². The number of fused-ring (bicyclic) bond motifs is 1. The number of nitrogens with zero attached hydrogens (tertiary/aromatic N) is 3. The molecule has 3 aromatic rings. The summed E-state index contributed by atoms with van der Waals surface area (Å²) in [5.74, 6) is 1.79. The topological polar surface area (TPSA) is 50.3 Å². The zero-order valence-electron chi connectivity index (χ0n) is 15.1. The van der Waals surface area contributed by atoms with Crippen molar-refractivity contribution < 1.29 is 4.74 Å². The minimum atomic E-state index is 0.317. The summed E-state index contributed by atoms with van der Waals surface area (Å²) in [4.78, 5) is 11.4. The molecular weight excluding hydrogens is 324 g/mol. The SMILES string of the molecule is COc1ccc(C(CNc2ncnc3ccccc23)N2CCCC2)cc1. The molecule has 26 heavy (non-hydrogen) atoms. The standard InChI is InChI=1S/C21H24N4O/c1-26-17-10-8-16(9-11-17)20(25-12-4-5-13-25)14-22-21-18-6-2-3-7-19(18)23-15-24-21/h2-3,6-11,15,20H,4-5,12-14H2,1H3,(H,22,23,24). The van der Waals surface area contributed by atoms with Crippen molar-refractivity contribution in [2.75, 3.05) is 32.1 Å². The van der Waals surface area contributed by atoms with Gasteiger partial charge < -0.3 is 10.1 Å². The number of hydrogen-bond donors (Lipinski definition) is 1. The van der Waals surface area contributed by atoms with Gasteiger partial charge in [0, 0.05) is 11.9 Å². The highest BCUT2D eigenvalue weighted by Gasteiger charge is 2.23. The van der Waals surface area contributed by atoms with E-state index < -0.39 is 0 Å². The Kier molecular flexibility index (Phi) is 4.97. The predicted octanol–water partition coefficient (Wildman–Crippen LogP) is 3.89. The van der Waals surface area contributed by atoms with Crippen LogP contribution in [-0.4, -0.2) is 41.6 Å². The van der Waals surface area contributed by atoms with Crippen LogP contribution in [-0.2, 0) is 0 Å². The third-order valence-electron chi connectivity index (χ3n) is 5.09. The van der Waals surface area contributed by atoms with Gasteiger partial charge in [-0.25, -0.2) is 9.97 Å². The van der Waals surface area contributed by atoms with E-state index in [2.05, 4.69) is 38.4 Å². The number of benzene rings is 2. The number of anilines is 1. The van der Waals surface area contributed by atoms with Crippen LogP contribution >= 0.6 is 0 Å². The summed E-state index contributed by atoms with van der Waals surface area (Å²) in [7, 11) is 1.70. The first kappa shape index (κ1) is 16.8. The van der Waals surface area contributed by atoms with Crippen LogP contribution in [0.2, 0.25) is 0 Å². The quantitative estimate of drug-likeness (QED) is 0.732. The summed E-state index contributed by atoms with van der Waals surface area (Å²) < 4.78 is 5.31. The Morgan fingerprint density at radius 2 is 1.81 bits per heavy atom. The van der Waals surface area contributed by atoms with E-state index >= 15 is 0 Å². The first-order chi connectivity index (χ1) is 12.8. The Morgan fingerprint density at radius 1 is 1.04 bits per heavy atom. The number of hydrogen-bond acceptors (Lipinski definition) is 5. The first-order valence-electron chi connectivity index (χ1n) is 9.17. The maximum Gasteiger partial charge on any atom is 0.137 e. The summed E-state index contributed by atoms with van der Waals surface area (Å²) in [6.07, 6.45) is 4.16. The van der Waals surface area contributed by atoms with E-state index in [4.69, 9.17) is 4.74 Å². The second-order valence-electron chi connectivity index (χ2n) is 6.65. The molecule has 0 amide bonds. The average Bonchev–Trinajstić information content (AvgIpc) is 3.23. The van der Waals surface area contributed by atoms with Crippen LogP contribution in [0.3, 0.4) is 0 Å². The van der Waals surface area contributed by atoms with Crippen molar-refractivity contribution >= 4 is 16.7 Å². The Balaban J connectivity index is 1.58. The smallest absolute Gasteiger partial charge is 0.137 e. The molecule has 1 N–H and O–H groups in total. The molecule has 5 nitrogen and oxygen atoms in total. The van der Waals surface area contributed by atoms with Crippen molar-refractivity contribution in [3.8, 4) is 5.75 Å². The Hall–Kier alpha value is -2.66. The monoisotopic (exact) mass is 348 g/mol. The molecule has 4 rings (SSSR count). The van der Waals surface area contributed by atoms with Gasteiger partial charge in [-0.05, 0) is 55.8 Å². The lowest BCUT2D eigenvalue weighted by atomic mass is 10.1. The lowest BCUT2D eigenvalue weighted by molar-refractivity contribution is 0.255. The van der Waals surface area contributed by atoms with E-state index in [-0.39, 0.29) is 0 Å². The van der Waals surface area contributed by atoms with Crippen LogP contribution < -0.4 is 10.1 Å². The minimum absolute atomic E-state index is 0.317. The molecule has 134 valence electrons. The van der Waals surface area contributed by atoms with Crippen molar-refractivity contribution in [3.05, 3.63) is 60.4 Å². The van der Waals surface area contributed by atoms with E-state index in [1.807, 2.05) is 30.3 Å². The molecule has 0 saturated carbocycles. The van der Waals surface area contributed by atoms with E-state index in [9.17, 15) is 0 Å². The van der Waals surface area contributed by atoms with Gasteiger partial charge in [-0.15, -0.1) is 0 Å². The third kappa shape index (κ3) is 3.48. The van der Waals surface area contributed by atoms with Crippen molar-refractivity contribution in [1.82, 2.24) is 14.9 Å². The number of methoxy groups -OCH3 is 1. The normalized spacial score (nSPS) is 15.9. The summed E-state index contributed by atoms with van der Waals surface area (Å²) in [6.45, 7) is 3.10. The number of aromatic nitrogens is 2. The number of ether oxygens (including phenoxy) is 1. The molecule has 1 fully saturated rings. The van der Waals surface area contributed by atoms with Gasteiger partial charge in [-0.3, -0.25) is 4.90 Å². The fourth-order valence-corrected chi connectivity index (χ4v) is 3.68. The number of likely N-dealkylation sites (tertiary alicyclic amines) is 1. The zero-order valence-corrected chi connectivity index (χ0v) is 15.1. The van der Waals surface area contributed by atoms with Gasteiger partial charge in [0.15, 0.2) is 0 Å². The molecule has 5 heteroatoms. The van der Waals surface area contributed by atoms with Crippen molar-refractivity contribution in [2.24, 2.45) is 0 Å². The molecule has 2 aromatic carbocycles. The lowest BCUT2D eigenvalue weighted by Crippen LogP contribution is -2.31. The molecule has 1 aromatic heterocycles. The van der Waals surface area contributed by atoms with E-state index in [0.29, 0.717) is 6.04 Å². The number of nitrogens with one attached hydrogen (secondary N) is 1. The summed E-state index contributed by atoms with van der Waals surface area (Å²) in [6, 6.07) is 16.8. The van der Waals surface area contributed by atoms with E-state index in [1.54, 1.807) is 13.4 Å². The van der Waals surface area contributed by atoms with E-state index in [1.165, 1.54) is 18.4 Å². The number of para-hydroxylation sites is 1. The number of rotatable bonds is 6. The maximum absolute atomic E-state index is 5.31. The zero-order chi connectivity index (χ0) is 17.8. The molecule has 1 aliphatic heterocycles. The molecule has 1 unspecified atom stereocenters. The first-order valence-corrected chi connectivity index (χ1v) is 9.17. The summed E-state index contributed by atoms with van der Waals surface area (Å²) in [5, 5.41) is 4.63. The van der Waals surface area contributed by atoms with Gasteiger partial charge in [-0.2, -0.15) is 0 Å². The van der Waals surface area contributed by atoms with Crippen molar-refractivity contribution in [1.29, 1.82) is 0 Å². The molecule has 0 spiro atoms. The minimum Gasteiger partial charge on any atom is -0.497 e. The second kappa shape index (κ2) is 7.70. The van der Waals surface area contributed by atoms with Crippen LogP contribution in [0.25, 0.3) is 10.9 Å². The summed E-state index contributed by atoms with van der Waals surface area (Å²) in [5.41, 5.74) is 2.27. The molecule has 1 saturated heterocycles. The van der Waals surface area contributed by atoms with Gasteiger partial charge in [0.2, 0.25) is 0 Å². The molecule has 0 aliphatic carbocycles. The van der Waals surface area contributed by atoms with E-state index in [0.717, 1.165) is 42.1 Å². The van der Waals surface area contributed by atoms with Gasteiger partial charge in [-0.1, -0.05) is 24.3 Å². The van der Waals surface area contributed by atoms with Crippen LogP contribution in [0, 0.1) is 0 Å². The van der Waals surface area contributed by atoms with Gasteiger partial charge in [0.1, 0.15) is 17.9 Å². The highest BCUT2D eigenvalue weighted by molar-refractivity contribution is 5.88. The van der Waals surface area contributed by atoms with Crippen LogP contribution in [0.1, 0.15) is 24.4 Å². The van der Waals surface area contributed by atoms with Crippen LogP contribution in [0.4, 0.5) is 5.82 Å². The largest absolute Gasteiger partial charge is 0.497 e. The molecule has 1 aliphatic rings.